The molecule has 26 heavy (non-hydrogen) atoms. The van der Waals surface area contributed by atoms with Crippen LogP contribution < -0.4 is 5.32 Å². The molecule has 4 rings (SSSR count). The fourth-order valence-electron chi connectivity index (χ4n) is 3.41. The van der Waals surface area contributed by atoms with Crippen LogP contribution in [0.1, 0.15) is 58.7 Å². The van der Waals surface area contributed by atoms with E-state index in [1.807, 2.05) is 40.1 Å². The Morgan fingerprint density at radius 2 is 2.15 bits per heavy atom. The van der Waals surface area contributed by atoms with Gasteiger partial charge in [-0.2, -0.15) is 5.10 Å². The Balaban J connectivity index is 1.59. The smallest absolute Gasteiger partial charge is 0.259 e. The molecule has 1 aliphatic rings. The number of aryl methyl sites for hydroxylation is 3. The molecular formula is C19H23N5O2. The molecule has 0 unspecified atom stereocenters. The number of nitrogens with one attached hydrogen (secondary N) is 1. The third kappa shape index (κ3) is 3.09. The fourth-order valence-corrected chi connectivity index (χ4v) is 3.41. The molecule has 1 N–H and O–H groups in total. The number of rotatable bonds is 5. The van der Waals surface area contributed by atoms with Gasteiger partial charge < -0.3 is 9.84 Å². The zero-order valence-corrected chi connectivity index (χ0v) is 15.5. The van der Waals surface area contributed by atoms with Crippen molar-refractivity contribution >= 4 is 17.0 Å². The molecule has 7 nitrogen and oxygen atoms in total. The minimum absolute atomic E-state index is 0.0156. The maximum Gasteiger partial charge on any atom is 0.259 e. The number of carbonyl (C=O) groups excluding carboxylic acids is 1. The first kappa shape index (κ1) is 16.8. The first-order chi connectivity index (χ1) is 12.4. The second-order valence-corrected chi connectivity index (χ2v) is 7.31. The number of aromatic nitrogens is 4. The molecule has 0 saturated heterocycles. The lowest BCUT2D eigenvalue weighted by molar-refractivity contribution is 0.0941. The molecule has 0 aliphatic heterocycles. The number of nitrogens with zero attached hydrogens (tertiary/aromatic N) is 4. The number of hydrogen-bond acceptors (Lipinski definition) is 5. The van der Waals surface area contributed by atoms with Crippen LogP contribution in [0.3, 0.4) is 0 Å². The molecule has 1 fully saturated rings. The number of pyridine rings is 1. The van der Waals surface area contributed by atoms with Crippen LogP contribution in [0.15, 0.2) is 16.8 Å². The zero-order valence-electron chi connectivity index (χ0n) is 15.5. The van der Waals surface area contributed by atoms with Gasteiger partial charge in [0.15, 0.2) is 0 Å². The normalized spacial score (nSPS) is 15.4. The Morgan fingerprint density at radius 1 is 1.38 bits per heavy atom. The molecule has 3 aromatic rings. The van der Waals surface area contributed by atoms with E-state index >= 15 is 0 Å². The minimum Gasteiger partial charge on any atom is -0.349 e. The van der Waals surface area contributed by atoms with Crippen molar-refractivity contribution in [1.29, 1.82) is 0 Å². The lowest BCUT2D eigenvalue weighted by atomic mass is 10.1. The van der Waals surface area contributed by atoms with Gasteiger partial charge in [-0.25, -0.2) is 4.98 Å². The second kappa shape index (κ2) is 6.23. The standard InChI is InChI=1S/C19H23N5O2/c1-10(7-14-9-24(4)22-11(14)2)20-18(25)15-8-16(13-5-6-13)21-19-17(15)12(3)23-26-19/h8-10,13H,5-7H2,1-4H3,(H,20,25)/t10-/m0/s1. The molecule has 0 bridgehead atoms. The number of hydrogen-bond donors (Lipinski definition) is 1. The van der Waals surface area contributed by atoms with Gasteiger partial charge >= 0.3 is 0 Å². The van der Waals surface area contributed by atoms with Crippen LogP contribution in [0, 0.1) is 13.8 Å². The van der Waals surface area contributed by atoms with Crippen LogP contribution in [0.25, 0.3) is 11.1 Å². The highest BCUT2D eigenvalue weighted by Gasteiger charge is 2.29. The van der Waals surface area contributed by atoms with Crippen molar-refractivity contribution in [2.75, 3.05) is 0 Å². The van der Waals surface area contributed by atoms with Crippen LogP contribution >= 0.6 is 0 Å². The summed E-state index contributed by atoms with van der Waals surface area (Å²) in [7, 11) is 1.90. The van der Waals surface area contributed by atoms with Crippen LogP contribution in [0.4, 0.5) is 0 Å². The third-order valence-corrected chi connectivity index (χ3v) is 4.90. The summed E-state index contributed by atoms with van der Waals surface area (Å²) >= 11 is 0. The van der Waals surface area contributed by atoms with Crippen molar-refractivity contribution < 1.29 is 9.32 Å². The van der Waals surface area contributed by atoms with E-state index in [1.54, 1.807) is 4.68 Å². The van der Waals surface area contributed by atoms with Crippen molar-refractivity contribution in [1.82, 2.24) is 25.2 Å². The summed E-state index contributed by atoms with van der Waals surface area (Å²) in [5.41, 5.74) is 4.80. The second-order valence-electron chi connectivity index (χ2n) is 7.31. The predicted octanol–water partition coefficient (Wildman–Crippen LogP) is 2.81. The van der Waals surface area contributed by atoms with Gasteiger partial charge in [0.05, 0.1) is 22.3 Å². The molecule has 1 aliphatic carbocycles. The summed E-state index contributed by atoms with van der Waals surface area (Å²) in [4.78, 5) is 17.5. The van der Waals surface area contributed by atoms with Gasteiger partial charge in [-0.3, -0.25) is 9.48 Å². The van der Waals surface area contributed by atoms with Gasteiger partial charge in [0.1, 0.15) is 0 Å². The first-order valence-electron chi connectivity index (χ1n) is 8.99. The summed E-state index contributed by atoms with van der Waals surface area (Å²) in [6.45, 7) is 5.83. The lowest BCUT2D eigenvalue weighted by Gasteiger charge is -2.14. The lowest BCUT2D eigenvalue weighted by Crippen LogP contribution is -2.34. The molecule has 0 radical (unpaired) electrons. The fraction of sp³-hybridized carbons (Fsp3) is 0.474. The number of amides is 1. The van der Waals surface area contributed by atoms with E-state index in [1.165, 1.54) is 0 Å². The SMILES string of the molecule is Cc1nn(C)cc1C[C@H](C)NC(=O)c1cc(C2CC2)nc2onc(C)c12. The topological polar surface area (TPSA) is 85.8 Å². The number of carbonyl (C=O) groups is 1. The van der Waals surface area contributed by atoms with Crippen LogP contribution in [-0.4, -0.2) is 31.9 Å². The highest BCUT2D eigenvalue weighted by molar-refractivity contribution is 6.06. The van der Waals surface area contributed by atoms with Gasteiger partial charge in [0.25, 0.3) is 11.6 Å². The molecule has 7 heteroatoms. The van der Waals surface area contributed by atoms with E-state index in [0.717, 1.165) is 36.2 Å². The summed E-state index contributed by atoms with van der Waals surface area (Å²) in [6.07, 6.45) is 4.96. The highest BCUT2D eigenvalue weighted by atomic mass is 16.5. The van der Waals surface area contributed by atoms with Gasteiger partial charge in [-0.1, -0.05) is 5.16 Å². The van der Waals surface area contributed by atoms with Crippen molar-refractivity contribution in [3.05, 3.63) is 40.5 Å². The Kier molecular flexibility index (Phi) is 4.01. The highest BCUT2D eigenvalue weighted by Crippen LogP contribution is 2.40. The van der Waals surface area contributed by atoms with E-state index in [-0.39, 0.29) is 11.9 Å². The van der Waals surface area contributed by atoms with Gasteiger partial charge in [-0.15, -0.1) is 0 Å². The molecular weight excluding hydrogens is 330 g/mol. The molecule has 3 aromatic heterocycles. The van der Waals surface area contributed by atoms with E-state index < -0.39 is 0 Å². The maximum absolute atomic E-state index is 13.0. The van der Waals surface area contributed by atoms with Crippen molar-refractivity contribution in [3.8, 4) is 0 Å². The van der Waals surface area contributed by atoms with Crippen LogP contribution in [0.5, 0.6) is 0 Å². The zero-order chi connectivity index (χ0) is 18.4. The van der Waals surface area contributed by atoms with E-state index in [2.05, 4.69) is 20.6 Å². The number of fused-ring (bicyclic) bond motifs is 1. The van der Waals surface area contributed by atoms with Gasteiger partial charge in [0.2, 0.25) is 0 Å². The van der Waals surface area contributed by atoms with Crippen molar-refractivity contribution in [3.63, 3.8) is 0 Å². The van der Waals surface area contributed by atoms with Crippen LogP contribution in [0.2, 0.25) is 0 Å². The summed E-state index contributed by atoms with van der Waals surface area (Å²) < 4.78 is 7.12. The average molecular weight is 353 g/mol. The third-order valence-electron chi connectivity index (χ3n) is 4.90. The summed E-state index contributed by atoms with van der Waals surface area (Å²) in [5, 5.41) is 12.2. The van der Waals surface area contributed by atoms with E-state index in [0.29, 0.717) is 28.3 Å². The maximum atomic E-state index is 13.0. The van der Waals surface area contributed by atoms with Gasteiger partial charge in [0, 0.05) is 30.9 Å². The monoisotopic (exact) mass is 353 g/mol. The molecule has 1 saturated carbocycles. The van der Waals surface area contributed by atoms with E-state index in [4.69, 9.17) is 4.52 Å². The largest absolute Gasteiger partial charge is 0.349 e. The Labute approximate surface area is 151 Å². The molecule has 136 valence electrons. The minimum atomic E-state index is -0.111. The molecule has 1 amide bonds. The quantitative estimate of drug-likeness (QED) is 0.762. The Hall–Kier alpha value is -2.70. The molecule has 3 heterocycles. The van der Waals surface area contributed by atoms with Crippen molar-refractivity contribution in [2.45, 2.75) is 52.0 Å². The Morgan fingerprint density at radius 3 is 2.81 bits per heavy atom. The molecule has 1 atom stereocenters. The summed E-state index contributed by atoms with van der Waals surface area (Å²) in [6, 6.07) is 1.89. The Bertz CT molecular complexity index is 983. The molecule has 0 aromatic carbocycles. The van der Waals surface area contributed by atoms with E-state index in [9.17, 15) is 4.79 Å². The average Bonchev–Trinajstić information content (AvgIpc) is 3.30. The molecule has 0 spiro atoms. The van der Waals surface area contributed by atoms with Gasteiger partial charge in [-0.05, 0) is 51.7 Å². The summed E-state index contributed by atoms with van der Waals surface area (Å²) in [5.74, 6) is 0.325. The van der Waals surface area contributed by atoms with Crippen molar-refractivity contribution in [2.24, 2.45) is 7.05 Å². The predicted molar refractivity (Wildman–Crippen MR) is 97.1 cm³/mol. The first-order valence-corrected chi connectivity index (χ1v) is 8.99. The van der Waals surface area contributed by atoms with Crippen LogP contribution in [-0.2, 0) is 13.5 Å².